The molecular formula is C12H13Cl3O. The van der Waals surface area contributed by atoms with Crippen molar-refractivity contribution in [1.29, 1.82) is 0 Å². The maximum atomic E-state index is 11.4. The lowest BCUT2D eigenvalue weighted by Gasteiger charge is -2.14. The number of alkyl halides is 1. The Balaban J connectivity index is 2.89. The number of rotatable bonds is 5. The second-order valence-corrected chi connectivity index (χ2v) is 4.88. The van der Waals surface area contributed by atoms with Crippen LogP contribution >= 0.6 is 34.8 Å². The minimum absolute atomic E-state index is 0.102. The van der Waals surface area contributed by atoms with Crippen LogP contribution < -0.4 is 0 Å². The summed E-state index contributed by atoms with van der Waals surface area (Å²) in [6, 6.07) is 5.35. The van der Waals surface area contributed by atoms with Crippen molar-refractivity contribution in [1.82, 2.24) is 0 Å². The SMILES string of the molecule is CC(=O)C(CCCl)Cc1c(Cl)cccc1Cl. The number of hydrogen-bond acceptors (Lipinski definition) is 1. The second kappa shape index (κ2) is 6.48. The van der Waals surface area contributed by atoms with Crippen molar-refractivity contribution in [2.45, 2.75) is 19.8 Å². The van der Waals surface area contributed by atoms with Crippen molar-refractivity contribution in [2.24, 2.45) is 5.92 Å². The molecule has 0 bridgehead atoms. The highest BCUT2D eigenvalue weighted by atomic mass is 35.5. The smallest absolute Gasteiger partial charge is 0.133 e. The van der Waals surface area contributed by atoms with Gasteiger partial charge in [0.2, 0.25) is 0 Å². The van der Waals surface area contributed by atoms with E-state index < -0.39 is 0 Å². The molecule has 1 nitrogen and oxygen atoms in total. The molecule has 0 aliphatic heterocycles. The third-order valence-electron chi connectivity index (χ3n) is 2.54. The van der Waals surface area contributed by atoms with Crippen LogP contribution in [0.15, 0.2) is 18.2 Å². The summed E-state index contributed by atoms with van der Waals surface area (Å²) in [5.74, 6) is 0.485. The fourth-order valence-electron chi connectivity index (χ4n) is 1.55. The number of ketones is 1. The highest BCUT2D eigenvalue weighted by Gasteiger charge is 2.17. The lowest BCUT2D eigenvalue weighted by molar-refractivity contribution is -0.120. The quantitative estimate of drug-likeness (QED) is 0.732. The largest absolute Gasteiger partial charge is 0.300 e. The zero-order valence-electron chi connectivity index (χ0n) is 8.97. The molecule has 0 aliphatic carbocycles. The van der Waals surface area contributed by atoms with E-state index in [-0.39, 0.29) is 11.7 Å². The van der Waals surface area contributed by atoms with Crippen LogP contribution in [0.3, 0.4) is 0 Å². The van der Waals surface area contributed by atoms with Crippen LogP contribution in [0.4, 0.5) is 0 Å². The van der Waals surface area contributed by atoms with Gasteiger partial charge in [-0.1, -0.05) is 29.3 Å². The Morgan fingerprint density at radius 3 is 2.31 bits per heavy atom. The fraction of sp³-hybridized carbons (Fsp3) is 0.417. The Morgan fingerprint density at radius 1 is 1.31 bits per heavy atom. The van der Waals surface area contributed by atoms with Gasteiger partial charge < -0.3 is 0 Å². The van der Waals surface area contributed by atoms with Gasteiger partial charge >= 0.3 is 0 Å². The van der Waals surface area contributed by atoms with Crippen LogP contribution in [-0.4, -0.2) is 11.7 Å². The van der Waals surface area contributed by atoms with Crippen molar-refractivity contribution in [2.75, 3.05) is 5.88 Å². The molecule has 0 radical (unpaired) electrons. The van der Waals surface area contributed by atoms with Crippen molar-refractivity contribution in [3.63, 3.8) is 0 Å². The molecule has 1 aromatic rings. The van der Waals surface area contributed by atoms with Crippen LogP contribution in [0.2, 0.25) is 10.0 Å². The summed E-state index contributed by atoms with van der Waals surface area (Å²) in [4.78, 5) is 11.4. The summed E-state index contributed by atoms with van der Waals surface area (Å²) in [5, 5.41) is 1.21. The number of carbonyl (C=O) groups excluding carboxylic acids is 1. The van der Waals surface area contributed by atoms with E-state index in [1.807, 2.05) is 0 Å². The molecule has 0 saturated carbocycles. The first-order valence-corrected chi connectivity index (χ1v) is 6.34. The van der Waals surface area contributed by atoms with Gasteiger partial charge in [-0.25, -0.2) is 0 Å². The normalized spacial score (nSPS) is 12.5. The van der Waals surface area contributed by atoms with Crippen LogP contribution in [0.5, 0.6) is 0 Å². The fourth-order valence-corrected chi connectivity index (χ4v) is 2.37. The van der Waals surface area contributed by atoms with E-state index in [0.29, 0.717) is 28.8 Å². The van der Waals surface area contributed by atoms with Crippen molar-refractivity contribution >= 4 is 40.6 Å². The van der Waals surface area contributed by atoms with Crippen molar-refractivity contribution in [3.8, 4) is 0 Å². The Hall–Kier alpha value is -0.240. The summed E-state index contributed by atoms with van der Waals surface area (Å²) >= 11 is 17.8. The van der Waals surface area contributed by atoms with Crippen molar-refractivity contribution in [3.05, 3.63) is 33.8 Å². The molecular weight excluding hydrogens is 266 g/mol. The van der Waals surface area contributed by atoms with E-state index >= 15 is 0 Å². The Labute approximate surface area is 111 Å². The van der Waals surface area contributed by atoms with Gasteiger partial charge in [-0.2, -0.15) is 0 Å². The number of benzene rings is 1. The molecule has 1 rings (SSSR count). The molecule has 16 heavy (non-hydrogen) atoms. The van der Waals surface area contributed by atoms with E-state index in [1.54, 1.807) is 25.1 Å². The predicted molar refractivity (Wildman–Crippen MR) is 69.7 cm³/mol. The van der Waals surface area contributed by atoms with Crippen LogP contribution in [0, 0.1) is 5.92 Å². The minimum Gasteiger partial charge on any atom is -0.300 e. The summed E-state index contributed by atoms with van der Waals surface area (Å²) in [7, 11) is 0. The van der Waals surface area contributed by atoms with Crippen LogP contribution in [0.25, 0.3) is 0 Å². The Kier molecular flexibility index (Phi) is 5.60. The monoisotopic (exact) mass is 278 g/mol. The van der Waals surface area contributed by atoms with E-state index in [0.717, 1.165) is 5.56 Å². The molecule has 0 saturated heterocycles. The maximum absolute atomic E-state index is 11.4. The van der Waals surface area contributed by atoms with Crippen molar-refractivity contribution < 1.29 is 4.79 Å². The lowest BCUT2D eigenvalue weighted by atomic mass is 9.93. The first-order chi connectivity index (χ1) is 7.56. The molecule has 1 atom stereocenters. The molecule has 88 valence electrons. The molecule has 0 aromatic heterocycles. The number of halogens is 3. The average molecular weight is 280 g/mol. The van der Waals surface area contributed by atoms with Gasteiger partial charge in [0.1, 0.15) is 5.78 Å². The number of hydrogen-bond donors (Lipinski definition) is 0. The highest BCUT2D eigenvalue weighted by molar-refractivity contribution is 6.36. The molecule has 1 unspecified atom stereocenters. The molecule has 4 heteroatoms. The molecule has 0 heterocycles. The summed E-state index contributed by atoms with van der Waals surface area (Å²) in [6.45, 7) is 1.57. The van der Waals surface area contributed by atoms with Gasteiger partial charge in [-0.3, -0.25) is 4.79 Å². The van der Waals surface area contributed by atoms with Crippen LogP contribution in [-0.2, 0) is 11.2 Å². The van der Waals surface area contributed by atoms with Crippen LogP contribution in [0.1, 0.15) is 18.9 Å². The molecule has 0 amide bonds. The second-order valence-electron chi connectivity index (χ2n) is 3.69. The maximum Gasteiger partial charge on any atom is 0.133 e. The zero-order valence-corrected chi connectivity index (χ0v) is 11.2. The van der Waals surface area contributed by atoms with Gasteiger partial charge in [-0.05, 0) is 37.5 Å². The van der Waals surface area contributed by atoms with Gasteiger partial charge in [0.05, 0.1) is 0 Å². The van der Waals surface area contributed by atoms with E-state index in [4.69, 9.17) is 34.8 Å². The van der Waals surface area contributed by atoms with E-state index in [9.17, 15) is 4.79 Å². The van der Waals surface area contributed by atoms with Gasteiger partial charge in [0.25, 0.3) is 0 Å². The van der Waals surface area contributed by atoms with Gasteiger partial charge in [0.15, 0.2) is 0 Å². The Morgan fingerprint density at radius 2 is 1.88 bits per heavy atom. The zero-order chi connectivity index (χ0) is 12.1. The number of Topliss-reactive ketones (excluding diaryl/α,β-unsaturated/α-hetero) is 1. The first-order valence-electron chi connectivity index (χ1n) is 5.05. The molecule has 0 spiro atoms. The summed E-state index contributed by atoms with van der Waals surface area (Å²) < 4.78 is 0. The molecule has 0 aliphatic rings. The lowest BCUT2D eigenvalue weighted by Crippen LogP contribution is -2.15. The Bertz CT molecular complexity index is 356. The average Bonchev–Trinajstić information content (AvgIpc) is 2.21. The minimum atomic E-state index is -0.102. The van der Waals surface area contributed by atoms with Gasteiger partial charge in [0, 0.05) is 21.8 Å². The molecule has 0 fully saturated rings. The summed E-state index contributed by atoms with van der Waals surface area (Å²) in [6.07, 6.45) is 1.21. The number of carbonyl (C=O) groups is 1. The molecule has 0 N–H and O–H groups in total. The predicted octanol–water partition coefficient (Wildman–Crippen LogP) is 4.37. The van der Waals surface area contributed by atoms with Gasteiger partial charge in [-0.15, -0.1) is 11.6 Å². The summed E-state index contributed by atoms with van der Waals surface area (Å²) in [5.41, 5.74) is 0.830. The third-order valence-corrected chi connectivity index (χ3v) is 3.47. The van der Waals surface area contributed by atoms with E-state index in [2.05, 4.69) is 0 Å². The standard InChI is InChI=1S/C12H13Cl3O/c1-8(16)9(5-6-13)7-10-11(14)3-2-4-12(10)15/h2-4,9H,5-7H2,1H3. The third kappa shape index (κ3) is 3.65. The molecule has 1 aromatic carbocycles. The van der Waals surface area contributed by atoms with E-state index in [1.165, 1.54) is 0 Å². The first kappa shape index (κ1) is 13.8. The highest BCUT2D eigenvalue weighted by Crippen LogP contribution is 2.28. The topological polar surface area (TPSA) is 17.1 Å².